The average Bonchev–Trinajstić information content (AvgIpc) is 3.31. The zero-order valence-corrected chi connectivity index (χ0v) is 17.6. The molecule has 2 fully saturated rings. The van der Waals surface area contributed by atoms with Gasteiger partial charge in [0.05, 0.1) is 17.5 Å². The molecular weight excluding hydrogens is 384 g/mol. The highest BCUT2D eigenvalue weighted by Gasteiger charge is 2.58. The van der Waals surface area contributed by atoms with Crippen molar-refractivity contribution in [3.63, 3.8) is 0 Å². The van der Waals surface area contributed by atoms with Crippen molar-refractivity contribution in [3.8, 4) is 0 Å². The van der Waals surface area contributed by atoms with Gasteiger partial charge in [0.2, 0.25) is 11.8 Å². The molecule has 1 unspecified atom stereocenters. The molecule has 1 N–H and O–H groups in total. The Morgan fingerprint density at radius 2 is 1.61 bits per heavy atom. The van der Waals surface area contributed by atoms with E-state index in [9.17, 15) is 9.59 Å². The summed E-state index contributed by atoms with van der Waals surface area (Å²) < 4.78 is 0. The second-order valence-corrected chi connectivity index (χ2v) is 9.36. The van der Waals surface area contributed by atoms with Crippen LogP contribution >= 0.6 is 0 Å². The third-order valence-corrected chi connectivity index (χ3v) is 7.72. The van der Waals surface area contributed by atoms with Crippen LogP contribution in [0, 0.1) is 18.8 Å². The molecule has 1 aliphatic heterocycles. The molecule has 0 bridgehead atoms. The predicted octanol–water partition coefficient (Wildman–Crippen LogP) is 5.28. The smallest absolute Gasteiger partial charge is 0.242 e. The maximum absolute atomic E-state index is 13.8. The van der Waals surface area contributed by atoms with E-state index < -0.39 is 0 Å². The van der Waals surface area contributed by atoms with Crippen molar-refractivity contribution in [1.29, 1.82) is 0 Å². The molecule has 4 nitrogen and oxygen atoms in total. The fraction of sp³-hybridized carbons (Fsp3) is 0.333. The Morgan fingerprint density at radius 3 is 2.35 bits per heavy atom. The molecule has 2 aliphatic carbocycles. The number of rotatable bonds is 2. The summed E-state index contributed by atoms with van der Waals surface area (Å²) in [6.07, 6.45) is 3.12. The summed E-state index contributed by atoms with van der Waals surface area (Å²) in [5, 5.41) is 0. The van der Waals surface area contributed by atoms with E-state index in [1.54, 1.807) is 0 Å². The lowest BCUT2D eigenvalue weighted by atomic mass is 9.59. The summed E-state index contributed by atoms with van der Waals surface area (Å²) in [4.78, 5) is 32.4. The number of nitrogens with one attached hydrogen (secondary N) is 1. The van der Waals surface area contributed by atoms with Crippen LogP contribution in [0.1, 0.15) is 59.5 Å². The zero-order chi connectivity index (χ0) is 21.1. The monoisotopic (exact) mass is 410 g/mol. The van der Waals surface area contributed by atoms with Crippen LogP contribution in [0.4, 0.5) is 5.69 Å². The van der Waals surface area contributed by atoms with Crippen LogP contribution in [-0.4, -0.2) is 16.8 Å². The minimum atomic E-state index is -0.372. The Hall–Kier alpha value is -3.14. The molecule has 2 amide bonds. The molecule has 4 heteroatoms. The molecule has 0 radical (unpaired) electrons. The molecule has 2 aromatic carbocycles. The Balaban J connectivity index is 1.44. The first-order valence-electron chi connectivity index (χ1n) is 11.3. The SMILES string of the molecule is Cc1cc2c([nH]1)[C@@H]1CCC(c3ccccc3)C[C@@H]1[C@@H]1C(=O)N(c3ccccc3)C(=O)[C@H]21. The van der Waals surface area contributed by atoms with Gasteiger partial charge in [-0.25, -0.2) is 4.90 Å². The number of amides is 2. The standard InChI is InChI=1S/C27H26N2O2/c1-16-14-22-24-23(26(30)29(27(24)31)19-10-6-3-7-11-19)21-15-18(17-8-4-2-5-9-17)12-13-20(21)25(22)28-16/h2-11,14,18,20-21,23-24,28H,12-13,15H2,1H3/t18?,20-,21+,23+,24-/m1/s1. The summed E-state index contributed by atoms with van der Waals surface area (Å²) in [5.74, 6) is 0.206. The molecule has 3 aliphatic rings. The van der Waals surface area contributed by atoms with Gasteiger partial charge in [0, 0.05) is 17.3 Å². The first-order chi connectivity index (χ1) is 15.1. The van der Waals surface area contributed by atoms with Crippen LogP contribution in [0.5, 0.6) is 0 Å². The summed E-state index contributed by atoms with van der Waals surface area (Å²) in [5.41, 5.74) is 5.37. The summed E-state index contributed by atoms with van der Waals surface area (Å²) in [7, 11) is 0. The van der Waals surface area contributed by atoms with Crippen LogP contribution in [0.3, 0.4) is 0 Å². The van der Waals surface area contributed by atoms with Crippen molar-refractivity contribution in [3.05, 3.63) is 89.2 Å². The number of carbonyl (C=O) groups excluding carboxylic acids is 2. The zero-order valence-electron chi connectivity index (χ0n) is 17.6. The molecule has 3 aromatic rings. The summed E-state index contributed by atoms with van der Waals surface area (Å²) in [6.45, 7) is 2.05. The van der Waals surface area contributed by atoms with Crippen LogP contribution in [0.15, 0.2) is 66.7 Å². The molecule has 156 valence electrons. The number of H-pyrrole nitrogens is 1. The maximum atomic E-state index is 13.8. The highest BCUT2D eigenvalue weighted by atomic mass is 16.2. The van der Waals surface area contributed by atoms with Gasteiger partial charge >= 0.3 is 0 Å². The topological polar surface area (TPSA) is 53.2 Å². The fourth-order valence-electron chi connectivity index (χ4n) is 6.47. The van der Waals surface area contributed by atoms with Gasteiger partial charge in [-0.05, 0) is 67.3 Å². The van der Waals surface area contributed by atoms with Crippen molar-refractivity contribution >= 4 is 17.5 Å². The molecule has 0 spiro atoms. The van der Waals surface area contributed by atoms with Crippen molar-refractivity contribution in [2.45, 2.75) is 43.9 Å². The third kappa shape index (κ3) is 2.74. The number of para-hydroxylation sites is 1. The van der Waals surface area contributed by atoms with Gasteiger partial charge in [0.1, 0.15) is 0 Å². The molecule has 5 atom stereocenters. The number of hydrogen-bond donors (Lipinski definition) is 1. The maximum Gasteiger partial charge on any atom is 0.242 e. The van der Waals surface area contributed by atoms with Gasteiger partial charge in [0.15, 0.2) is 0 Å². The van der Waals surface area contributed by atoms with Crippen molar-refractivity contribution in [2.75, 3.05) is 4.90 Å². The molecule has 1 saturated heterocycles. The van der Waals surface area contributed by atoms with E-state index in [0.717, 1.165) is 30.5 Å². The Morgan fingerprint density at radius 1 is 0.903 bits per heavy atom. The first kappa shape index (κ1) is 18.6. The fourth-order valence-corrected chi connectivity index (χ4v) is 6.47. The number of imide groups is 1. The second kappa shape index (κ2) is 6.94. The number of anilines is 1. The normalized spacial score (nSPS) is 29.5. The number of benzene rings is 2. The highest BCUT2D eigenvalue weighted by Crippen LogP contribution is 2.58. The molecule has 2 heterocycles. The first-order valence-corrected chi connectivity index (χ1v) is 11.3. The predicted molar refractivity (Wildman–Crippen MR) is 120 cm³/mol. The number of aromatic nitrogens is 1. The van der Waals surface area contributed by atoms with E-state index in [2.05, 4.69) is 41.4 Å². The molecule has 1 saturated carbocycles. The molecule has 31 heavy (non-hydrogen) atoms. The molecule has 6 rings (SSSR count). The average molecular weight is 411 g/mol. The highest BCUT2D eigenvalue weighted by molar-refractivity contribution is 6.24. The van der Waals surface area contributed by atoms with Gasteiger partial charge in [0.25, 0.3) is 0 Å². The van der Waals surface area contributed by atoms with E-state index in [4.69, 9.17) is 0 Å². The minimum Gasteiger partial charge on any atom is -0.362 e. The van der Waals surface area contributed by atoms with Gasteiger partial charge in [-0.2, -0.15) is 0 Å². The quantitative estimate of drug-likeness (QED) is 0.585. The van der Waals surface area contributed by atoms with Gasteiger partial charge in [-0.15, -0.1) is 0 Å². The second-order valence-electron chi connectivity index (χ2n) is 9.36. The number of aryl methyl sites for hydroxylation is 1. The number of fused-ring (bicyclic) bond motifs is 6. The van der Waals surface area contributed by atoms with Crippen LogP contribution < -0.4 is 4.90 Å². The lowest BCUT2D eigenvalue weighted by molar-refractivity contribution is -0.123. The third-order valence-electron chi connectivity index (χ3n) is 7.72. The Labute approximate surface area is 182 Å². The number of hydrogen-bond acceptors (Lipinski definition) is 2. The van der Waals surface area contributed by atoms with Crippen molar-refractivity contribution < 1.29 is 9.59 Å². The van der Waals surface area contributed by atoms with Crippen LogP contribution in [0.2, 0.25) is 0 Å². The van der Waals surface area contributed by atoms with Crippen molar-refractivity contribution in [2.24, 2.45) is 11.8 Å². The van der Waals surface area contributed by atoms with E-state index in [1.165, 1.54) is 16.2 Å². The van der Waals surface area contributed by atoms with Crippen LogP contribution in [0.25, 0.3) is 0 Å². The Kier molecular flexibility index (Phi) is 4.17. The van der Waals surface area contributed by atoms with E-state index in [-0.39, 0.29) is 29.6 Å². The van der Waals surface area contributed by atoms with Gasteiger partial charge in [-0.3, -0.25) is 9.59 Å². The largest absolute Gasteiger partial charge is 0.362 e. The number of aromatic amines is 1. The summed E-state index contributed by atoms with van der Waals surface area (Å²) in [6, 6.07) is 22.2. The van der Waals surface area contributed by atoms with E-state index >= 15 is 0 Å². The van der Waals surface area contributed by atoms with Gasteiger partial charge < -0.3 is 4.98 Å². The summed E-state index contributed by atoms with van der Waals surface area (Å²) >= 11 is 0. The van der Waals surface area contributed by atoms with Gasteiger partial charge in [-0.1, -0.05) is 48.5 Å². The minimum absolute atomic E-state index is 0.0191. The van der Waals surface area contributed by atoms with E-state index in [0.29, 0.717) is 17.5 Å². The Bertz CT molecular complexity index is 1150. The molecular formula is C27H26N2O2. The van der Waals surface area contributed by atoms with Crippen molar-refractivity contribution in [1.82, 2.24) is 4.98 Å². The number of nitrogens with zero attached hydrogens (tertiary/aromatic N) is 1. The lowest BCUT2D eigenvalue weighted by Crippen LogP contribution is -2.39. The van der Waals surface area contributed by atoms with E-state index in [1.807, 2.05) is 37.3 Å². The van der Waals surface area contributed by atoms with Crippen LogP contribution in [-0.2, 0) is 9.59 Å². The molecule has 1 aromatic heterocycles. The number of carbonyl (C=O) groups is 2. The lowest BCUT2D eigenvalue weighted by Gasteiger charge is -2.43.